The molecule has 0 aliphatic carbocycles. The maximum Gasteiger partial charge on any atom is 0.141 e. The maximum absolute atomic E-state index is 4.59. The summed E-state index contributed by atoms with van der Waals surface area (Å²) in [6, 6.07) is 1.15. The summed E-state index contributed by atoms with van der Waals surface area (Å²) in [4.78, 5) is 12.6. The molecule has 2 unspecified atom stereocenters. The molecule has 1 saturated heterocycles. The molecule has 0 aromatic carbocycles. The second-order valence-electron chi connectivity index (χ2n) is 5.33. The molecule has 0 amide bonds. The Kier molecular flexibility index (Phi) is 2.98. The van der Waals surface area contributed by atoms with Crippen molar-refractivity contribution in [3.63, 3.8) is 0 Å². The highest BCUT2D eigenvalue weighted by molar-refractivity contribution is 7.17. The van der Waals surface area contributed by atoms with Crippen LogP contribution in [0.4, 0.5) is 5.82 Å². The van der Waals surface area contributed by atoms with E-state index in [1.165, 1.54) is 30.2 Å². The van der Waals surface area contributed by atoms with Crippen LogP contribution in [0.5, 0.6) is 0 Å². The van der Waals surface area contributed by atoms with E-state index < -0.39 is 0 Å². The number of hydrogen-bond acceptors (Lipinski definition) is 4. The van der Waals surface area contributed by atoms with Crippen molar-refractivity contribution in [3.05, 3.63) is 17.3 Å². The first-order valence-electron chi connectivity index (χ1n) is 6.65. The van der Waals surface area contributed by atoms with Crippen LogP contribution in [-0.4, -0.2) is 22.1 Å². The lowest BCUT2D eigenvalue weighted by Gasteiger charge is -2.40. The standard InChI is InChI=1S/C14H19N3S/c1-9-7-18-14-12(9)13(15-8-16-14)17-10(2)5-4-6-11(17)3/h7-8,10-11H,4-6H2,1-3H3. The molecule has 0 saturated carbocycles. The SMILES string of the molecule is Cc1csc2ncnc(N3C(C)CCCC3C)c12. The van der Waals surface area contributed by atoms with Gasteiger partial charge in [-0.3, -0.25) is 0 Å². The molecule has 1 aliphatic rings. The Labute approximate surface area is 112 Å². The van der Waals surface area contributed by atoms with E-state index in [9.17, 15) is 0 Å². The molecule has 3 heterocycles. The second kappa shape index (κ2) is 4.50. The van der Waals surface area contributed by atoms with Gasteiger partial charge in [0.05, 0.1) is 5.39 Å². The lowest BCUT2D eigenvalue weighted by molar-refractivity contribution is 0.412. The van der Waals surface area contributed by atoms with Gasteiger partial charge in [-0.1, -0.05) is 0 Å². The number of fused-ring (bicyclic) bond motifs is 1. The number of anilines is 1. The normalized spacial score (nSPS) is 24.7. The Morgan fingerprint density at radius 3 is 2.67 bits per heavy atom. The van der Waals surface area contributed by atoms with Gasteiger partial charge in [0.1, 0.15) is 17.0 Å². The van der Waals surface area contributed by atoms with Crippen molar-refractivity contribution in [1.29, 1.82) is 0 Å². The van der Waals surface area contributed by atoms with Crippen molar-refractivity contribution in [2.45, 2.75) is 52.1 Å². The van der Waals surface area contributed by atoms with E-state index in [1.54, 1.807) is 17.7 Å². The van der Waals surface area contributed by atoms with Crippen LogP contribution in [-0.2, 0) is 0 Å². The van der Waals surface area contributed by atoms with Crippen LogP contribution in [0.1, 0.15) is 38.7 Å². The molecule has 0 radical (unpaired) electrons. The first-order chi connectivity index (χ1) is 8.68. The Bertz CT molecular complexity index is 553. The average molecular weight is 261 g/mol. The van der Waals surface area contributed by atoms with Crippen LogP contribution in [0.15, 0.2) is 11.7 Å². The Morgan fingerprint density at radius 1 is 1.22 bits per heavy atom. The molecule has 2 atom stereocenters. The third kappa shape index (κ3) is 1.79. The molecule has 0 bridgehead atoms. The van der Waals surface area contributed by atoms with E-state index in [2.05, 4.69) is 41.0 Å². The van der Waals surface area contributed by atoms with E-state index in [4.69, 9.17) is 0 Å². The summed E-state index contributed by atoms with van der Waals surface area (Å²) in [5, 5.41) is 3.44. The van der Waals surface area contributed by atoms with Gasteiger partial charge >= 0.3 is 0 Å². The summed E-state index contributed by atoms with van der Waals surface area (Å²) in [7, 11) is 0. The third-order valence-corrected chi connectivity index (χ3v) is 4.98. The zero-order chi connectivity index (χ0) is 12.7. The first kappa shape index (κ1) is 11.9. The Balaban J connectivity index is 2.15. The molecule has 3 nitrogen and oxygen atoms in total. The number of thiophene rings is 1. The molecule has 3 rings (SSSR count). The van der Waals surface area contributed by atoms with Gasteiger partial charge in [-0.05, 0) is 51.0 Å². The van der Waals surface area contributed by atoms with Crippen LogP contribution in [0.2, 0.25) is 0 Å². The lowest BCUT2D eigenvalue weighted by atomic mass is 9.97. The summed E-state index contributed by atoms with van der Waals surface area (Å²) in [6.07, 6.45) is 5.56. The number of hydrogen-bond donors (Lipinski definition) is 0. The first-order valence-corrected chi connectivity index (χ1v) is 7.53. The molecular weight excluding hydrogens is 242 g/mol. The molecule has 1 aliphatic heterocycles. The van der Waals surface area contributed by atoms with Crippen LogP contribution in [0.3, 0.4) is 0 Å². The van der Waals surface area contributed by atoms with Gasteiger partial charge in [-0.25, -0.2) is 9.97 Å². The number of aromatic nitrogens is 2. The Hall–Kier alpha value is -1.16. The Morgan fingerprint density at radius 2 is 1.94 bits per heavy atom. The summed E-state index contributed by atoms with van der Waals surface area (Å²) in [5.41, 5.74) is 1.30. The molecule has 1 fully saturated rings. The molecule has 96 valence electrons. The van der Waals surface area contributed by atoms with Gasteiger partial charge in [0.25, 0.3) is 0 Å². The van der Waals surface area contributed by atoms with Crippen LogP contribution < -0.4 is 4.90 Å². The van der Waals surface area contributed by atoms with E-state index in [1.807, 2.05) is 0 Å². The average Bonchev–Trinajstić information content (AvgIpc) is 2.72. The summed E-state index contributed by atoms with van der Waals surface area (Å²) < 4.78 is 0. The van der Waals surface area contributed by atoms with E-state index >= 15 is 0 Å². The monoisotopic (exact) mass is 261 g/mol. The number of aryl methyl sites for hydroxylation is 1. The highest BCUT2D eigenvalue weighted by atomic mass is 32.1. The smallest absolute Gasteiger partial charge is 0.141 e. The van der Waals surface area contributed by atoms with E-state index in [0.717, 1.165) is 10.6 Å². The molecule has 0 spiro atoms. The fourth-order valence-corrected chi connectivity index (χ4v) is 3.92. The maximum atomic E-state index is 4.59. The summed E-state index contributed by atoms with van der Waals surface area (Å²) >= 11 is 1.72. The summed E-state index contributed by atoms with van der Waals surface area (Å²) in [5.74, 6) is 1.14. The van der Waals surface area contributed by atoms with Crippen LogP contribution >= 0.6 is 11.3 Å². The van der Waals surface area contributed by atoms with E-state index in [-0.39, 0.29) is 0 Å². The van der Waals surface area contributed by atoms with Gasteiger partial charge < -0.3 is 4.90 Å². The van der Waals surface area contributed by atoms with Gasteiger partial charge in [-0.15, -0.1) is 11.3 Å². The zero-order valence-corrected chi connectivity index (χ0v) is 12.0. The van der Waals surface area contributed by atoms with Crippen molar-refractivity contribution in [1.82, 2.24) is 9.97 Å². The number of nitrogens with zero attached hydrogens (tertiary/aromatic N) is 3. The van der Waals surface area contributed by atoms with Gasteiger partial charge in [-0.2, -0.15) is 0 Å². The van der Waals surface area contributed by atoms with Gasteiger partial charge in [0, 0.05) is 12.1 Å². The number of rotatable bonds is 1. The third-order valence-electron chi connectivity index (χ3n) is 3.97. The highest BCUT2D eigenvalue weighted by Gasteiger charge is 2.27. The molecule has 18 heavy (non-hydrogen) atoms. The molecule has 2 aromatic rings. The topological polar surface area (TPSA) is 29.0 Å². The van der Waals surface area contributed by atoms with Crippen LogP contribution in [0.25, 0.3) is 10.2 Å². The van der Waals surface area contributed by atoms with E-state index in [0.29, 0.717) is 12.1 Å². The van der Waals surface area contributed by atoms with Crippen molar-refractivity contribution in [2.24, 2.45) is 0 Å². The fourth-order valence-electron chi connectivity index (χ4n) is 3.03. The van der Waals surface area contributed by atoms with Crippen molar-refractivity contribution < 1.29 is 0 Å². The quantitative estimate of drug-likeness (QED) is 0.782. The van der Waals surface area contributed by atoms with Gasteiger partial charge in [0.2, 0.25) is 0 Å². The predicted molar refractivity (Wildman–Crippen MR) is 77.4 cm³/mol. The summed E-state index contributed by atoms with van der Waals surface area (Å²) in [6.45, 7) is 6.78. The largest absolute Gasteiger partial charge is 0.351 e. The molecular formula is C14H19N3S. The molecule has 2 aromatic heterocycles. The van der Waals surface area contributed by atoms with Crippen molar-refractivity contribution in [3.8, 4) is 0 Å². The minimum absolute atomic E-state index is 0.575. The highest BCUT2D eigenvalue weighted by Crippen LogP contribution is 2.35. The minimum Gasteiger partial charge on any atom is -0.351 e. The zero-order valence-electron chi connectivity index (χ0n) is 11.2. The predicted octanol–water partition coefficient (Wildman–Crippen LogP) is 3.77. The second-order valence-corrected chi connectivity index (χ2v) is 6.19. The van der Waals surface area contributed by atoms with Crippen molar-refractivity contribution >= 4 is 27.4 Å². The molecule has 4 heteroatoms. The van der Waals surface area contributed by atoms with Gasteiger partial charge in [0.15, 0.2) is 0 Å². The minimum atomic E-state index is 0.575. The molecule has 0 N–H and O–H groups in total. The van der Waals surface area contributed by atoms with Crippen LogP contribution in [0, 0.1) is 6.92 Å². The fraction of sp³-hybridized carbons (Fsp3) is 0.571. The van der Waals surface area contributed by atoms with Crippen molar-refractivity contribution in [2.75, 3.05) is 4.90 Å². The number of piperidine rings is 1. The lowest BCUT2D eigenvalue weighted by Crippen LogP contribution is -2.44.